The number of rotatable bonds is 8. The van der Waals surface area contributed by atoms with Crippen LogP contribution in [0.2, 0.25) is 0 Å². The summed E-state index contributed by atoms with van der Waals surface area (Å²) in [6, 6.07) is 0. The second-order valence-electron chi connectivity index (χ2n) is 4.91. The lowest BCUT2D eigenvalue weighted by atomic mass is 10.0. The number of hydrogen-bond acceptors (Lipinski definition) is 4. The molecule has 3 N–H and O–H groups in total. The van der Waals surface area contributed by atoms with Crippen molar-refractivity contribution in [1.29, 1.82) is 0 Å². The van der Waals surface area contributed by atoms with Gasteiger partial charge in [0, 0.05) is 19.6 Å². The van der Waals surface area contributed by atoms with Gasteiger partial charge in [-0.15, -0.1) is 0 Å². The van der Waals surface area contributed by atoms with Crippen molar-refractivity contribution in [2.24, 2.45) is 5.92 Å². The van der Waals surface area contributed by atoms with E-state index in [-0.39, 0.29) is 6.10 Å². The standard InChI is InChI=1S/C11H24N2O3S/c1-17(15,16)13-7-6-12-9-11(14)8-10-4-2-3-5-10/h10-14H,2-9H2,1H3. The highest BCUT2D eigenvalue weighted by Crippen LogP contribution is 2.28. The molecule has 1 rings (SSSR count). The van der Waals surface area contributed by atoms with E-state index in [4.69, 9.17) is 0 Å². The van der Waals surface area contributed by atoms with Crippen LogP contribution in [-0.4, -0.2) is 45.5 Å². The van der Waals surface area contributed by atoms with Crippen LogP contribution in [0.15, 0.2) is 0 Å². The van der Waals surface area contributed by atoms with Gasteiger partial charge in [-0.2, -0.15) is 0 Å². The fourth-order valence-electron chi connectivity index (χ4n) is 2.31. The van der Waals surface area contributed by atoms with Gasteiger partial charge in [0.25, 0.3) is 0 Å². The molecule has 0 spiro atoms. The number of hydrogen-bond donors (Lipinski definition) is 3. The molecule has 17 heavy (non-hydrogen) atoms. The molecular weight excluding hydrogens is 240 g/mol. The van der Waals surface area contributed by atoms with Crippen molar-refractivity contribution < 1.29 is 13.5 Å². The predicted molar refractivity (Wildman–Crippen MR) is 68.3 cm³/mol. The summed E-state index contributed by atoms with van der Waals surface area (Å²) in [6.07, 6.45) is 6.77. The number of sulfonamides is 1. The van der Waals surface area contributed by atoms with Crippen molar-refractivity contribution in [3.8, 4) is 0 Å². The Kier molecular flexibility index (Phi) is 6.40. The predicted octanol–water partition coefficient (Wildman–Crippen LogP) is 0.0664. The second-order valence-corrected chi connectivity index (χ2v) is 6.74. The zero-order chi connectivity index (χ0) is 12.7. The quantitative estimate of drug-likeness (QED) is 0.542. The molecule has 1 atom stereocenters. The molecule has 1 aliphatic carbocycles. The van der Waals surface area contributed by atoms with E-state index in [1.54, 1.807) is 0 Å². The minimum Gasteiger partial charge on any atom is -0.392 e. The highest BCUT2D eigenvalue weighted by atomic mass is 32.2. The molecule has 0 radical (unpaired) electrons. The van der Waals surface area contributed by atoms with Crippen molar-refractivity contribution in [3.05, 3.63) is 0 Å². The Morgan fingerprint density at radius 2 is 1.94 bits per heavy atom. The second kappa shape index (κ2) is 7.31. The third-order valence-electron chi connectivity index (χ3n) is 3.13. The first-order chi connectivity index (χ1) is 7.97. The lowest BCUT2D eigenvalue weighted by Crippen LogP contribution is -2.35. The van der Waals surface area contributed by atoms with E-state index in [1.807, 2.05) is 0 Å². The lowest BCUT2D eigenvalue weighted by Gasteiger charge is -2.15. The zero-order valence-electron chi connectivity index (χ0n) is 10.5. The van der Waals surface area contributed by atoms with Crippen LogP contribution in [-0.2, 0) is 10.0 Å². The van der Waals surface area contributed by atoms with Crippen LogP contribution in [0, 0.1) is 5.92 Å². The van der Waals surface area contributed by atoms with Crippen molar-refractivity contribution in [3.63, 3.8) is 0 Å². The average molecular weight is 264 g/mol. The number of aliphatic hydroxyl groups excluding tert-OH is 1. The molecule has 0 aliphatic heterocycles. The number of aliphatic hydroxyl groups is 1. The molecule has 5 nitrogen and oxygen atoms in total. The van der Waals surface area contributed by atoms with Crippen LogP contribution in [0.1, 0.15) is 32.1 Å². The molecule has 0 amide bonds. The summed E-state index contributed by atoms with van der Waals surface area (Å²) in [5.74, 6) is 0.681. The highest BCUT2D eigenvalue weighted by molar-refractivity contribution is 7.88. The van der Waals surface area contributed by atoms with E-state index in [0.29, 0.717) is 25.6 Å². The largest absolute Gasteiger partial charge is 0.392 e. The maximum absolute atomic E-state index is 10.8. The van der Waals surface area contributed by atoms with Gasteiger partial charge in [-0.05, 0) is 12.3 Å². The smallest absolute Gasteiger partial charge is 0.208 e. The summed E-state index contributed by atoms with van der Waals surface area (Å²) in [4.78, 5) is 0. The van der Waals surface area contributed by atoms with E-state index in [0.717, 1.165) is 12.7 Å². The Hall–Kier alpha value is -0.170. The molecule has 0 bridgehead atoms. The van der Waals surface area contributed by atoms with Crippen LogP contribution in [0.5, 0.6) is 0 Å². The Bertz CT molecular complexity index is 300. The van der Waals surface area contributed by atoms with Gasteiger partial charge in [-0.25, -0.2) is 13.1 Å². The Balaban J connectivity index is 1.98. The molecule has 1 fully saturated rings. The van der Waals surface area contributed by atoms with Crippen LogP contribution >= 0.6 is 0 Å². The highest BCUT2D eigenvalue weighted by Gasteiger charge is 2.18. The maximum atomic E-state index is 10.8. The van der Waals surface area contributed by atoms with Crippen LogP contribution in [0.25, 0.3) is 0 Å². The van der Waals surface area contributed by atoms with Crippen molar-refractivity contribution in [1.82, 2.24) is 10.0 Å². The minimum absolute atomic E-state index is 0.309. The molecule has 0 aromatic rings. The first-order valence-corrected chi connectivity index (χ1v) is 8.20. The van der Waals surface area contributed by atoms with Gasteiger partial charge in [-0.1, -0.05) is 25.7 Å². The molecule has 102 valence electrons. The summed E-state index contributed by atoms with van der Waals surface area (Å²) in [6.45, 7) is 1.46. The SMILES string of the molecule is CS(=O)(=O)NCCNCC(O)CC1CCCC1. The summed E-state index contributed by atoms with van der Waals surface area (Å²) in [5, 5.41) is 12.8. The van der Waals surface area contributed by atoms with Crippen molar-refractivity contribution in [2.75, 3.05) is 25.9 Å². The Morgan fingerprint density at radius 1 is 1.29 bits per heavy atom. The van der Waals surface area contributed by atoms with Crippen LogP contribution < -0.4 is 10.0 Å². The van der Waals surface area contributed by atoms with E-state index in [9.17, 15) is 13.5 Å². The fraction of sp³-hybridized carbons (Fsp3) is 1.00. The van der Waals surface area contributed by atoms with Gasteiger partial charge < -0.3 is 10.4 Å². The first-order valence-electron chi connectivity index (χ1n) is 6.31. The summed E-state index contributed by atoms with van der Waals surface area (Å²) in [7, 11) is -3.10. The first kappa shape index (κ1) is 14.9. The molecule has 6 heteroatoms. The molecule has 1 unspecified atom stereocenters. The van der Waals surface area contributed by atoms with Gasteiger partial charge in [0.2, 0.25) is 10.0 Å². The van der Waals surface area contributed by atoms with E-state index >= 15 is 0 Å². The Labute approximate surface area is 104 Å². The zero-order valence-corrected chi connectivity index (χ0v) is 11.3. The lowest BCUT2D eigenvalue weighted by molar-refractivity contribution is 0.141. The summed E-state index contributed by atoms with van der Waals surface area (Å²) >= 11 is 0. The normalized spacial score (nSPS) is 19.6. The van der Waals surface area contributed by atoms with E-state index < -0.39 is 10.0 Å². The van der Waals surface area contributed by atoms with Crippen LogP contribution in [0.4, 0.5) is 0 Å². The summed E-state index contributed by atoms with van der Waals surface area (Å²) < 4.78 is 23.9. The van der Waals surface area contributed by atoms with Crippen molar-refractivity contribution >= 4 is 10.0 Å². The topological polar surface area (TPSA) is 78.4 Å². The van der Waals surface area contributed by atoms with Gasteiger partial charge in [0.15, 0.2) is 0 Å². The average Bonchev–Trinajstić information content (AvgIpc) is 2.68. The van der Waals surface area contributed by atoms with Gasteiger partial charge in [0.05, 0.1) is 12.4 Å². The molecular formula is C11H24N2O3S. The molecule has 0 saturated heterocycles. The third kappa shape index (κ3) is 7.70. The molecule has 0 heterocycles. The minimum atomic E-state index is -3.10. The number of nitrogens with one attached hydrogen (secondary N) is 2. The van der Waals surface area contributed by atoms with Gasteiger partial charge in [-0.3, -0.25) is 0 Å². The molecule has 0 aromatic heterocycles. The third-order valence-corrected chi connectivity index (χ3v) is 3.85. The van der Waals surface area contributed by atoms with Gasteiger partial charge in [0.1, 0.15) is 0 Å². The molecule has 1 saturated carbocycles. The van der Waals surface area contributed by atoms with E-state index in [2.05, 4.69) is 10.0 Å². The maximum Gasteiger partial charge on any atom is 0.208 e. The Morgan fingerprint density at radius 3 is 2.53 bits per heavy atom. The molecule has 1 aliphatic rings. The van der Waals surface area contributed by atoms with E-state index in [1.165, 1.54) is 25.7 Å². The fourth-order valence-corrected chi connectivity index (χ4v) is 2.78. The molecule has 0 aromatic carbocycles. The van der Waals surface area contributed by atoms with Crippen LogP contribution in [0.3, 0.4) is 0 Å². The monoisotopic (exact) mass is 264 g/mol. The van der Waals surface area contributed by atoms with Gasteiger partial charge >= 0.3 is 0 Å². The summed E-state index contributed by atoms with van der Waals surface area (Å²) in [5.41, 5.74) is 0. The van der Waals surface area contributed by atoms with Crippen molar-refractivity contribution in [2.45, 2.75) is 38.2 Å².